The number of aliphatic hydroxyl groups excluding tert-OH is 1. The van der Waals surface area contributed by atoms with E-state index < -0.39 is 20.1 Å². The van der Waals surface area contributed by atoms with Crippen molar-refractivity contribution in [1.29, 1.82) is 0 Å². The average molecular weight is 300 g/mol. The van der Waals surface area contributed by atoms with Gasteiger partial charge in [0.2, 0.25) is 0 Å². The highest BCUT2D eigenvalue weighted by Gasteiger charge is 2.20. The van der Waals surface area contributed by atoms with Crippen LogP contribution in [-0.4, -0.2) is 42.8 Å². The second-order valence-electron chi connectivity index (χ2n) is 5.98. The van der Waals surface area contributed by atoms with E-state index in [9.17, 15) is 9.90 Å². The number of aromatic nitrogens is 2. The van der Waals surface area contributed by atoms with Gasteiger partial charge in [-0.15, -0.1) is 0 Å². The van der Waals surface area contributed by atoms with Crippen molar-refractivity contribution >= 4 is 14.0 Å². The third-order valence-corrected chi connectivity index (χ3v) is 4.52. The van der Waals surface area contributed by atoms with E-state index >= 15 is 0 Å². The number of aromatic amines is 1. The molecule has 6 nitrogen and oxygen atoms in total. The van der Waals surface area contributed by atoms with Crippen LogP contribution in [0.15, 0.2) is 0 Å². The zero-order valence-electron chi connectivity index (χ0n) is 12.8. The predicted molar refractivity (Wildman–Crippen MR) is 78.4 cm³/mol. The van der Waals surface area contributed by atoms with E-state index in [4.69, 9.17) is 4.74 Å². The summed E-state index contributed by atoms with van der Waals surface area (Å²) in [4.78, 5) is 18.6. The Labute approximate surface area is 120 Å². The van der Waals surface area contributed by atoms with Crippen LogP contribution in [-0.2, 0) is 16.1 Å². The normalized spacial score (nSPS) is 13.3. The second kappa shape index (κ2) is 7.01. The minimum absolute atomic E-state index is 0.177. The Morgan fingerprint density at radius 3 is 2.60 bits per heavy atom. The molecule has 114 valence electrons. The second-order valence-corrected chi connectivity index (χ2v) is 11.6. The van der Waals surface area contributed by atoms with Gasteiger partial charge in [-0.3, -0.25) is 0 Å². The number of aliphatic hydroxyl groups is 1. The number of carbonyl (C=O) groups excluding carboxylic acids is 1. The molecule has 1 aromatic heterocycles. The topological polar surface area (TPSA) is 84.4 Å². The molecule has 0 saturated heterocycles. The summed E-state index contributed by atoms with van der Waals surface area (Å²) in [6.45, 7) is 9.32. The third kappa shape index (κ3) is 5.07. The molecule has 1 atom stereocenters. The number of rotatable bonds is 7. The van der Waals surface area contributed by atoms with Gasteiger partial charge in [-0.2, -0.15) is 0 Å². The highest BCUT2D eigenvalue weighted by atomic mass is 28.3. The molecule has 0 saturated carbocycles. The molecule has 7 heteroatoms. The number of nitrogens with zero attached hydrogens (tertiary/aromatic N) is 1. The SMILES string of the molecule is COC(=O)c1nc(C(C)O)[nH]c1COCC[Si](C)(C)C. The van der Waals surface area contributed by atoms with Crippen molar-refractivity contribution in [2.45, 2.75) is 45.3 Å². The Hall–Kier alpha value is -1.18. The Morgan fingerprint density at radius 2 is 2.10 bits per heavy atom. The first kappa shape index (κ1) is 16.9. The summed E-state index contributed by atoms with van der Waals surface area (Å²) in [5.74, 6) is -0.189. The zero-order valence-corrected chi connectivity index (χ0v) is 13.8. The Bertz CT molecular complexity index is 452. The van der Waals surface area contributed by atoms with Gasteiger partial charge < -0.3 is 19.6 Å². The van der Waals surface area contributed by atoms with E-state index in [1.165, 1.54) is 7.11 Å². The van der Waals surface area contributed by atoms with Crippen LogP contribution in [0.3, 0.4) is 0 Å². The molecule has 2 N–H and O–H groups in total. The van der Waals surface area contributed by atoms with Gasteiger partial charge >= 0.3 is 5.97 Å². The molecule has 0 aliphatic heterocycles. The lowest BCUT2D eigenvalue weighted by Crippen LogP contribution is -2.21. The molecule has 1 rings (SSSR count). The van der Waals surface area contributed by atoms with E-state index in [0.717, 1.165) is 6.04 Å². The van der Waals surface area contributed by atoms with Crippen LogP contribution in [0.5, 0.6) is 0 Å². The summed E-state index contributed by atoms with van der Waals surface area (Å²) in [5, 5.41) is 9.51. The summed E-state index contributed by atoms with van der Waals surface area (Å²) >= 11 is 0. The number of hydrogen-bond acceptors (Lipinski definition) is 5. The quantitative estimate of drug-likeness (QED) is 0.458. The van der Waals surface area contributed by atoms with Gasteiger partial charge in [-0.05, 0) is 13.0 Å². The summed E-state index contributed by atoms with van der Waals surface area (Å²) in [6.07, 6.45) is -0.769. The molecule has 1 unspecified atom stereocenters. The summed E-state index contributed by atoms with van der Waals surface area (Å²) in [6, 6.07) is 1.05. The fourth-order valence-electron chi connectivity index (χ4n) is 1.55. The average Bonchev–Trinajstić information content (AvgIpc) is 2.77. The maximum absolute atomic E-state index is 11.6. The lowest BCUT2D eigenvalue weighted by molar-refractivity contribution is 0.0586. The molecule has 0 radical (unpaired) electrons. The zero-order chi connectivity index (χ0) is 15.3. The number of nitrogens with one attached hydrogen (secondary N) is 1. The number of carbonyl (C=O) groups is 1. The van der Waals surface area contributed by atoms with Crippen molar-refractivity contribution in [1.82, 2.24) is 9.97 Å². The molecule has 0 aliphatic rings. The first-order valence-electron chi connectivity index (χ1n) is 6.67. The van der Waals surface area contributed by atoms with Crippen LogP contribution >= 0.6 is 0 Å². The number of ether oxygens (including phenoxy) is 2. The van der Waals surface area contributed by atoms with Crippen LogP contribution in [0.2, 0.25) is 25.7 Å². The highest BCUT2D eigenvalue weighted by Crippen LogP contribution is 2.15. The van der Waals surface area contributed by atoms with Gasteiger partial charge in [0.05, 0.1) is 19.4 Å². The van der Waals surface area contributed by atoms with Crippen LogP contribution in [0, 0.1) is 0 Å². The van der Waals surface area contributed by atoms with Crippen molar-refractivity contribution in [2.24, 2.45) is 0 Å². The number of methoxy groups -OCH3 is 1. The van der Waals surface area contributed by atoms with Crippen molar-refractivity contribution < 1.29 is 19.4 Å². The summed E-state index contributed by atoms with van der Waals surface area (Å²) in [7, 11) is 0.168. The summed E-state index contributed by atoms with van der Waals surface area (Å²) in [5.41, 5.74) is 0.722. The first-order chi connectivity index (χ1) is 9.24. The largest absolute Gasteiger partial charge is 0.464 e. The predicted octanol–water partition coefficient (Wildman–Crippen LogP) is 2.10. The van der Waals surface area contributed by atoms with Gasteiger partial charge in [0.25, 0.3) is 0 Å². The lowest BCUT2D eigenvalue weighted by atomic mass is 10.3. The fourth-order valence-corrected chi connectivity index (χ4v) is 2.31. The fraction of sp³-hybridized carbons (Fsp3) is 0.692. The molecule has 0 aromatic carbocycles. The summed E-state index contributed by atoms with van der Waals surface area (Å²) < 4.78 is 10.3. The smallest absolute Gasteiger partial charge is 0.358 e. The maximum atomic E-state index is 11.6. The Morgan fingerprint density at radius 1 is 1.45 bits per heavy atom. The van der Waals surface area contributed by atoms with Gasteiger partial charge in [-0.25, -0.2) is 9.78 Å². The molecule has 1 heterocycles. The van der Waals surface area contributed by atoms with Crippen molar-refractivity contribution in [2.75, 3.05) is 13.7 Å². The number of H-pyrrole nitrogens is 1. The lowest BCUT2D eigenvalue weighted by Gasteiger charge is -2.15. The molecular weight excluding hydrogens is 276 g/mol. The molecule has 0 bridgehead atoms. The highest BCUT2D eigenvalue weighted by molar-refractivity contribution is 6.76. The van der Waals surface area contributed by atoms with Crippen molar-refractivity contribution in [3.63, 3.8) is 0 Å². The van der Waals surface area contributed by atoms with Gasteiger partial charge in [-0.1, -0.05) is 19.6 Å². The Kier molecular flexibility index (Phi) is 5.91. The minimum atomic E-state index is -1.13. The van der Waals surface area contributed by atoms with E-state index in [1.54, 1.807) is 6.92 Å². The van der Waals surface area contributed by atoms with Crippen molar-refractivity contribution in [3.8, 4) is 0 Å². The number of imidazole rings is 1. The molecule has 20 heavy (non-hydrogen) atoms. The minimum Gasteiger partial charge on any atom is -0.464 e. The molecule has 0 spiro atoms. The van der Waals surface area contributed by atoms with Crippen molar-refractivity contribution in [3.05, 3.63) is 17.2 Å². The monoisotopic (exact) mass is 300 g/mol. The van der Waals surface area contributed by atoms with E-state index in [1.807, 2.05) is 0 Å². The Balaban J connectivity index is 2.70. The van der Waals surface area contributed by atoms with Gasteiger partial charge in [0, 0.05) is 14.7 Å². The third-order valence-electron chi connectivity index (χ3n) is 2.81. The van der Waals surface area contributed by atoms with Gasteiger partial charge in [0.1, 0.15) is 11.9 Å². The van der Waals surface area contributed by atoms with Crippen LogP contribution in [0.1, 0.15) is 35.0 Å². The van der Waals surface area contributed by atoms with Crippen LogP contribution in [0.25, 0.3) is 0 Å². The molecule has 0 fully saturated rings. The molecule has 0 amide bonds. The first-order valence-corrected chi connectivity index (χ1v) is 10.4. The van der Waals surface area contributed by atoms with E-state index in [0.29, 0.717) is 18.1 Å². The van der Waals surface area contributed by atoms with Gasteiger partial charge in [0.15, 0.2) is 5.69 Å². The standard InChI is InChI=1S/C13H24N2O4Si/c1-9(16)12-14-10(11(15-12)13(17)18-2)8-19-6-7-20(3,4)5/h9,16H,6-8H2,1-5H3,(H,14,15). The van der Waals surface area contributed by atoms with Crippen LogP contribution < -0.4 is 0 Å². The van der Waals surface area contributed by atoms with E-state index in [2.05, 4.69) is 34.3 Å². The van der Waals surface area contributed by atoms with Crippen LogP contribution in [0.4, 0.5) is 0 Å². The molecule has 1 aromatic rings. The number of hydrogen-bond donors (Lipinski definition) is 2. The molecular formula is C13H24N2O4Si. The maximum Gasteiger partial charge on any atom is 0.358 e. The van der Waals surface area contributed by atoms with E-state index in [-0.39, 0.29) is 12.3 Å². The number of esters is 1. The molecule has 0 aliphatic carbocycles.